The summed E-state index contributed by atoms with van der Waals surface area (Å²) in [6, 6.07) is 138. The predicted molar refractivity (Wildman–Crippen MR) is 502 cm³/mol. The van der Waals surface area contributed by atoms with E-state index in [0.29, 0.717) is 11.4 Å². The van der Waals surface area contributed by atoms with Crippen LogP contribution in [0.1, 0.15) is 55.9 Å². The molecular weight excluding hydrogens is 1490 g/mol. The standard InChI is InChI=1S/C58H41N3O.C58H37N3/c59-54(36-44(39-12-2-1-3-13-39)29-32-47-14-10-11-35-60-47)55-34-31-46(38-61-55)43-27-23-41(24-28-43)40-21-25-42(26-22-40)45-30-33-53-57(37-45)62-56-20-9-8-19-52(56)58(53)50-17-6-4-15-48(50)49-16-5-7-18-51(49)58;1-2-12-38(13-3-1)45-35-56(54-20-10-11-33-59-54)61-57(36-45)55-32-30-44(37-60-55)42-27-23-40(24-28-42)39-21-25-41(26-22-39)43-29-31-53-49(34-43)48-16-6-9-19-52(48)58(53)50-17-7-4-14-46(50)47-15-5-8-18-51(47)58/h1-38,52,56,59H;1-37H/b32-29+,44-36+,59-54?;. The molecule has 6 heterocycles. The highest BCUT2D eigenvalue weighted by Crippen LogP contribution is 2.65. The Kier molecular flexibility index (Phi) is 18.5. The molecule has 2 atom stereocenters. The molecule has 5 aliphatic rings. The summed E-state index contributed by atoms with van der Waals surface area (Å²) < 4.78 is 6.87. The van der Waals surface area contributed by atoms with Crippen LogP contribution in [0.25, 0.3) is 146 Å². The first kappa shape index (κ1) is 73.4. The molecule has 0 bridgehead atoms. The molecule has 0 radical (unpaired) electrons. The molecule has 123 heavy (non-hydrogen) atoms. The van der Waals surface area contributed by atoms with E-state index in [9.17, 15) is 0 Å². The van der Waals surface area contributed by atoms with Gasteiger partial charge in [0.1, 0.15) is 11.9 Å². The highest BCUT2D eigenvalue weighted by atomic mass is 16.5. The average Bonchev–Trinajstić information content (AvgIpc) is 1.51. The van der Waals surface area contributed by atoms with E-state index in [-0.39, 0.29) is 22.9 Å². The van der Waals surface area contributed by atoms with E-state index >= 15 is 0 Å². The lowest BCUT2D eigenvalue weighted by Crippen LogP contribution is -2.47. The molecule has 1 N–H and O–H groups in total. The quantitative estimate of drug-likeness (QED) is 0.0860. The molecule has 2 spiro atoms. The van der Waals surface area contributed by atoms with Gasteiger partial charge in [-0.3, -0.25) is 25.3 Å². The van der Waals surface area contributed by atoms with E-state index in [1.54, 1.807) is 12.4 Å². The van der Waals surface area contributed by atoms with E-state index in [1.165, 1.54) is 94.6 Å². The number of hydrogen-bond donors (Lipinski definition) is 1. The molecule has 578 valence electrons. The van der Waals surface area contributed by atoms with Gasteiger partial charge in [-0.25, -0.2) is 4.98 Å². The average molecular weight is 1570 g/mol. The van der Waals surface area contributed by atoms with Crippen molar-refractivity contribution in [2.45, 2.75) is 16.9 Å². The van der Waals surface area contributed by atoms with E-state index in [2.05, 4.69) is 338 Å². The molecule has 18 aromatic rings. The molecule has 5 aromatic heterocycles. The van der Waals surface area contributed by atoms with Gasteiger partial charge in [0.15, 0.2) is 0 Å². The first-order chi connectivity index (χ1) is 60.8. The Morgan fingerprint density at radius 3 is 1.24 bits per heavy atom. The number of hydrogen-bond acceptors (Lipinski definition) is 7. The van der Waals surface area contributed by atoms with Crippen molar-refractivity contribution in [1.82, 2.24) is 24.9 Å². The summed E-state index contributed by atoms with van der Waals surface area (Å²) >= 11 is 0. The van der Waals surface area contributed by atoms with Gasteiger partial charge in [-0.2, -0.15) is 0 Å². The minimum absolute atomic E-state index is 0.0732. The van der Waals surface area contributed by atoms with Gasteiger partial charge in [-0.15, -0.1) is 0 Å². The number of benzene rings is 13. The topological polar surface area (TPSA) is 97.5 Å². The number of fused-ring (bicyclic) bond motifs is 19. The largest absolute Gasteiger partial charge is 0.485 e. The fraction of sp³-hybridized carbons (Fsp3) is 0.0345. The maximum Gasteiger partial charge on any atom is 0.125 e. The van der Waals surface area contributed by atoms with Gasteiger partial charge in [0.2, 0.25) is 0 Å². The SMILES string of the molecule is N=C(/C=C(\C=C\c1ccccn1)c1ccccc1)c1ccc(-c2ccc(-c3ccc(-c4ccc5c(c4)OC4C=CC=CC4C54c5ccccc5-c5ccccc54)cc3)cc2)cn1.c1ccc(-c2cc(-c3ccccn3)nc(-c3ccc(-c4ccc(-c5ccc(-c6ccc7c(c6)-c6ccccc6C76c7ccccc7-c7ccccc76)cc5)cc4)cn3)c2)cc1. The van der Waals surface area contributed by atoms with Gasteiger partial charge < -0.3 is 4.74 Å². The fourth-order valence-corrected chi connectivity index (χ4v) is 19.4. The molecule has 2 unspecified atom stereocenters. The van der Waals surface area contributed by atoms with Crippen LogP contribution in [0.15, 0.2) is 449 Å². The smallest absolute Gasteiger partial charge is 0.125 e. The molecule has 0 saturated heterocycles. The van der Waals surface area contributed by atoms with Crippen LogP contribution in [0.5, 0.6) is 5.75 Å². The number of ether oxygens (including phenoxy) is 1. The third-order valence-corrected chi connectivity index (χ3v) is 25.2. The lowest BCUT2D eigenvalue weighted by Gasteiger charge is -2.47. The lowest BCUT2D eigenvalue weighted by atomic mass is 9.60. The second-order valence-electron chi connectivity index (χ2n) is 32.0. The van der Waals surface area contributed by atoms with E-state index in [0.717, 1.165) is 101 Å². The summed E-state index contributed by atoms with van der Waals surface area (Å²) in [6.07, 6.45) is 22.0. The highest BCUT2D eigenvalue weighted by molar-refractivity contribution is 6.10. The second kappa shape index (κ2) is 31.1. The number of pyridine rings is 5. The van der Waals surface area contributed by atoms with Crippen molar-refractivity contribution in [3.05, 3.63) is 505 Å². The lowest BCUT2D eigenvalue weighted by molar-refractivity contribution is 0.141. The molecule has 1 aliphatic heterocycles. The van der Waals surface area contributed by atoms with Crippen LogP contribution in [-0.4, -0.2) is 36.7 Å². The summed E-state index contributed by atoms with van der Waals surface area (Å²) in [7, 11) is 0. The summed E-state index contributed by atoms with van der Waals surface area (Å²) in [5.41, 5.74) is 39.4. The maximum absolute atomic E-state index is 8.92. The number of nitrogens with one attached hydrogen (secondary N) is 1. The van der Waals surface area contributed by atoms with Crippen LogP contribution in [0, 0.1) is 11.3 Å². The molecule has 0 amide bonds. The fourth-order valence-electron chi connectivity index (χ4n) is 19.4. The third-order valence-electron chi connectivity index (χ3n) is 25.2. The van der Waals surface area contributed by atoms with Crippen LogP contribution >= 0.6 is 0 Å². The van der Waals surface area contributed by atoms with Gasteiger partial charge in [-0.1, -0.05) is 352 Å². The van der Waals surface area contributed by atoms with Gasteiger partial charge in [0.25, 0.3) is 0 Å². The Morgan fingerprint density at radius 1 is 0.301 bits per heavy atom. The van der Waals surface area contributed by atoms with Gasteiger partial charge in [0.05, 0.1) is 50.7 Å². The molecule has 4 aliphatic carbocycles. The van der Waals surface area contributed by atoms with E-state index < -0.39 is 0 Å². The number of allylic oxidation sites excluding steroid dienone is 5. The monoisotopic (exact) mass is 1570 g/mol. The molecule has 7 nitrogen and oxygen atoms in total. The number of nitrogens with zero attached hydrogens (tertiary/aromatic N) is 5. The van der Waals surface area contributed by atoms with Crippen molar-refractivity contribution < 1.29 is 4.74 Å². The molecule has 23 rings (SSSR count). The van der Waals surface area contributed by atoms with Crippen LogP contribution in [-0.2, 0) is 10.8 Å². The van der Waals surface area contributed by atoms with E-state index in [1.807, 2.05) is 116 Å². The molecule has 13 aromatic carbocycles. The first-order valence-electron chi connectivity index (χ1n) is 41.9. The first-order valence-corrected chi connectivity index (χ1v) is 41.9. The Balaban J connectivity index is 0.000000147. The van der Waals surface area contributed by atoms with Crippen molar-refractivity contribution in [3.8, 4) is 140 Å². The Bertz CT molecular complexity index is 7080. The Labute approximate surface area is 715 Å². The second-order valence-corrected chi connectivity index (χ2v) is 32.0. The molecule has 0 fully saturated rings. The summed E-state index contributed by atoms with van der Waals surface area (Å²) in [4.78, 5) is 23.6. The maximum atomic E-state index is 8.92. The third kappa shape index (κ3) is 13.0. The Morgan fingerprint density at radius 2 is 0.715 bits per heavy atom. The Hall–Kier alpha value is -16.0. The zero-order valence-electron chi connectivity index (χ0n) is 67.1. The van der Waals surface area contributed by atoms with Crippen LogP contribution < -0.4 is 4.74 Å². The van der Waals surface area contributed by atoms with Crippen LogP contribution in [0.3, 0.4) is 0 Å². The summed E-state index contributed by atoms with van der Waals surface area (Å²) in [5, 5.41) is 8.92. The highest BCUT2D eigenvalue weighted by Gasteiger charge is 2.56. The van der Waals surface area contributed by atoms with Crippen molar-refractivity contribution >= 4 is 17.4 Å². The van der Waals surface area contributed by atoms with Crippen LogP contribution in [0.2, 0.25) is 0 Å². The van der Waals surface area contributed by atoms with Crippen molar-refractivity contribution in [3.63, 3.8) is 0 Å². The number of aromatic nitrogens is 5. The van der Waals surface area contributed by atoms with Gasteiger partial charge >= 0.3 is 0 Å². The predicted octanol–water partition coefficient (Wildman–Crippen LogP) is 27.7. The zero-order chi connectivity index (χ0) is 81.8. The van der Waals surface area contributed by atoms with Crippen molar-refractivity contribution in [2.24, 2.45) is 5.92 Å². The summed E-state index contributed by atoms with van der Waals surface area (Å²) in [5.74, 6) is 1.08. The van der Waals surface area contributed by atoms with Gasteiger partial charge in [0, 0.05) is 47.4 Å². The van der Waals surface area contributed by atoms with Crippen molar-refractivity contribution in [2.75, 3.05) is 0 Å². The summed E-state index contributed by atoms with van der Waals surface area (Å²) in [6.45, 7) is 0. The minimum atomic E-state index is -0.342. The van der Waals surface area contributed by atoms with Crippen LogP contribution in [0.4, 0.5) is 0 Å². The van der Waals surface area contributed by atoms with Gasteiger partial charge in [-0.05, 0) is 224 Å². The number of rotatable bonds is 14. The van der Waals surface area contributed by atoms with Crippen molar-refractivity contribution in [1.29, 1.82) is 5.41 Å². The normalized spacial score (nSPS) is 14.7. The minimum Gasteiger partial charge on any atom is -0.485 e. The molecule has 7 heteroatoms. The molecule has 0 saturated carbocycles. The zero-order valence-corrected chi connectivity index (χ0v) is 67.1. The molecular formula is C116H78N6O. The van der Waals surface area contributed by atoms with E-state index in [4.69, 9.17) is 25.1 Å².